The fourth-order valence-corrected chi connectivity index (χ4v) is 7.35. The Morgan fingerprint density at radius 1 is 0.872 bits per heavy atom. The van der Waals surface area contributed by atoms with E-state index in [1.165, 1.54) is 12.8 Å². The molecule has 1 saturated carbocycles. The van der Waals surface area contributed by atoms with Gasteiger partial charge in [-0.25, -0.2) is 9.97 Å². The van der Waals surface area contributed by atoms with Crippen molar-refractivity contribution in [1.29, 1.82) is 0 Å². The number of fused-ring (bicyclic) bond motifs is 2. The molecule has 3 aliphatic rings. The monoisotopic (exact) mass is 631 g/mol. The van der Waals surface area contributed by atoms with E-state index in [1.54, 1.807) is 7.11 Å². The minimum absolute atomic E-state index is 0.0237. The number of aromatic nitrogens is 4. The van der Waals surface area contributed by atoms with Crippen LogP contribution < -0.4 is 10.5 Å². The number of imidazole rings is 1. The number of nitrogens with zero attached hydrogens (tertiary/aromatic N) is 6. The van der Waals surface area contributed by atoms with Crippen LogP contribution in [0.25, 0.3) is 33.6 Å². The summed E-state index contributed by atoms with van der Waals surface area (Å²) in [4.78, 5) is 40.9. The number of carbonyl (C=O) groups is 2. The van der Waals surface area contributed by atoms with E-state index in [0.717, 1.165) is 47.5 Å². The molecule has 0 spiro atoms. The van der Waals surface area contributed by atoms with Crippen LogP contribution in [0.1, 0.15) is 53.3 Å². The Bertz CT molecular complexity index is 1970. The highest BCUT2D eigenvalue weighted by Crippen LogP contribution is 2.39. The Hall–Kier alpha value is -4.70. The lowest BCUT2D eigenvalue weighted by Gasteiger charge is -2.40. The zero-order chi connectivity index (χ0) is 32.2. The van der Waals surface area contributed by atoms with Gasteiger partial charge in [-0.1, -0.05) is 18.2 Å². The van der Waals surface area contributed by atoms with E-state index in [1.807, 2.05) is 64.5 Å². The molecule has 2 amide bonds. The van der Waals surface area contributed by atoms with E-state index in [9.17, 15) is 9.59 Å². The van der Waals surface area contributed by atoms with Crippen molar-refractivity contribution in [3.63, 3.8) is 0 Å². The van der Waals surface area contributed by atoms with Crippen molar-refractivity contribution in [2.24, 2.45) is 17.6 Å². The molecule has 10 nitrogen and oxygen atoms in total. The van der Waals surface area contributed by atoms with Gasteiger partial charge in [0.2, 0.25) is 0 Å². The first kappa shape index (κ1) is 29.7. The third kappa shape index (κ3) is 5.44. The molecule has 1 aliphatic carbocycles. The van der Waals surface area contributed by atoms with Gasteiger partial charge in [0.25, 0.3) is 11.8 Å². The molecule has 5 aromatic rings. The summed E-state index contributed by atoms with van der Waals surface area (Å²) in [6.45, 7) is 5.48. The average molecular weight is 632 g/mol. The molecular formula is C37H41N7O3. The maximum Gasteiger partial charge on any atom is 0.254 e. The summed E-state index contributed by atoms with van der Waals surface area (Å²) >= 11 is 0. The summed E-state index contributed by atoms with van der Waals surface area (Å²) < 4.78 is 10.6. The van der Waals surface area contributed by atoms with Gasteiger partial charge in [-0.05, 0) is 81.0 Å². The number of hydrogen-bond acceptors (Lipinski definition) is 6. The number of amides is 2. The summed E-state index contributed by atoms with van der Waals surface area (Å²) in [5.41, 5.74) is 11.1. The maximum atomic E-state index is 13.9. The van der Waals surface area contributed by atoms with E-state index in [0.29, 0.717) is 54.5 Å². The number of methoxy groups -OCH3 is 1. The molecule has 242 valence electrons. The molecule has 2 N–H and O–H groups in total. The van der Waals surface area contributed by atoms with Gasteiger partial charge in [0.05, 0.1) is 18.3 Å². The molecule has 0 bridgehead atoms. The Morgan fingerprint density at radius 2 is 1.66 bits per heavy atom. The van der Waals surface area contributed by atoms with E-state index in [-0.39, 0.29) is 29.8 Å². The molecular weight excluding hydrogens is 590 g/mol. The van der Waals surface area contributed by atoms with Crippen LogP contribution in [0.3, 0.4) is 0 Å². The fourth-order valence-electron chi connectivity index (χ4n) is 7.35. The molecule has 2 saturated heterocycles. The van der Waals surface area contributed by atoms with Gasteiger partial charge in [0.15, 0.2) is 5.82 Å². The summed E-state index contributed by atoms with van der Waals surface area (Å²) in [5, 5.41) is 1.07. The van der Waals surface area contributed by atoms with E-state index < -0.39 is 0 Å². The number of benzene rings is 2. The molecule has 2 aromatic carbocycles. The van der Waals surface area contributed by atoms with Gasteiger partial charge in [0, 0.05) is 73.4 Å². The molecule has 10 heteroatoms. The first-order valence-electron chi connectivity index (χ1n) is 16.8. The van der Waals surface area contributed by atoms with Crippen molar-refractivity contribution >= 4 is 33.9 Å². The third-order valence-corrected chi connectivity index (χ3v) is 10.2. The van der Waals surface area contributed by atoms with Crippen LogP contribution in [0.15, 0.2) is 66.9 Å². The molecule has 0 radical (unpaired) electrons. The predicted octanol–water partition coefficient (Wildman–Crippen LogP) is 5.20. The van der Waals surface area contributed by atoms with Crippen molar-refractivity contribution in [2.45, 2.75) is 57.8 Å². The van der Waals surface area contributed by atoms with E-state index in [4.69, 9.17) is 20.4 Å². The second kappa shape index (κ2) is 11.8. The average Bonchev–Trinajstić information content (AvgIpc) is 3.72. The quantitative estimate of drug-likeness (QED) is 0.252. The second-order valence-corrected chi connectivity index (χ2v) is 13.7. The maximum absolute atomic E-state index is 13.9. The minimum Gasteiger partial charge on any atom is -0.494 e. The number of rotatable bonds is 8. The zero-order valence-corrected chi connectivity index (χ0v) is 27.0. The molecule has 0 unspecified atom stereocenters. The molecule has 47 heavy (non-hydrogen) atoms. The first-order valence-corrected chi connectivity index (χ1v) is 16.8. The fraction of sp³-hybridized carbons (Fsp3) is 0.405. The third-order valence-electron chi connectivity index (χ3n) is 10.2. The predicted molar refractivity (Wildman–Crippen MR) is 181 cm³/mol. The highest BCUT2D eigenvalue weighted by molar-refractivity contribution is 6.00. The molecule has 8 rings (SSSR count). The number of nitrogens with two attached hydrogens (primary N) is 1. The number of hydrogen-bond donors (Lipinski definition) is 1. The first-order chi connectivity index (χ1) is 22.9. The standard InChI is InChI=1S/C37H41N7O3/c1-23-10-13-29(38)22-42(23)37(46)28-15-30-33(32(17-28)47-2)44(21-25-18-41(19-25)36(45)26-7-4-3-5-8-26)35(40-30)31-16-27-9-6-14-39-34(27)43(31)20-24-11-12-24/h3-9,14-17,23-25,29H,10-13,18-22,38H2,1-2H3/t23-,29+/m0/s1. The minimum atomic E-state index is -0.0509. The van der Waals surface area contributed by atoms with Crippen LogP contribution in [0, 0.1) is 11.8 Å². The van der Waals surface area contributed by atoms with Gasteiger partial charge >= 0.3 is 0 Å². The van der Waals surface area contributed by atoms with Crippen molar-refractivity contribution in [2.75, 3.05) is 26.7 Å². The van der Waals surface area contributed by atoms with Crippen LogP contribution >= 0.6 is 0 Å². The molecule has 2 aliphatic heterocycles. The van der Waals surface area contributed by atoms with Crippen molar-refractivity contribution in [3.8, 4) is 17.3 Å². The van der Waals surface area contributed by atoms with Crippen molar-refractivity contribution in [3.05, 3.63) is 78.0 Å². The molecule has 2 atom stereocenters. The highest BCUT2D eigenvalue weighted by Gasteiger charge is 2.35. The van der Waals surface area contributed by atoms with Gasteiger partial charge < -0.3 is 29.4 Å². The van der Waals surface area contributed by atoms with Crippen LogP contribution in [-0.2, 0) is 13.1 Å². The van der Waals surface area contributed by atoms with Crippen molar-refractivity contribution < 1.29 is 14.3 Å². The van der Waals surface area contributed by atoms with Crippen LogP contribution in [0.5, 0.6) is 5.75 Å². The topological polar surface area (TPSA) is 112 Å². The smallest absolute Gasteiger partial charge is 0.254 e. The van der Waals surface area contributed by atoms with Crippen LogP contribution in [0.4, 0.5) is 0 Å². The lowest BCUT2D eigenvalue weighted by molar-refractivity contribution is 0.0471. The number of piperidine rings is 1. The molecule has 3 aromatic heterocycles. The van der Waals surface area contributed by atoms with Crippen molar-refractivity contribution in [1.82, 2.24) is 28.9 Å². The second-order valence-electron chi connectivity index (χ2n) is 13.7. The number of carbonyl (C=O) groups excluding carboxylic acids is 2. The SMILES string of the molecule is COc1cc(C(=O)N2C[C@H](N)CC[C@@H]2C)cc2nc(-c3cc4cccnc4n3CC3CC3)n(CC3CN(C(=O)c4ccccc4)C3)c12. The summed E-state index contributed by atoms with van der Waals surface area (Å²) in [5.74, 6) is 2.30. The normalized spacial score (nSPS) is 20.1. The number of likely N-dealkylation sites (tertiary alicyclic amines) is 2. The number of ether oxygens (including phenoxy) is 1. The Kier molecular flexibility index (Phi) is 7.47. The Labute approximate surface area is 274 Å². The molecule has 5 heterocycles. The Balaban J connectivity index is 1.21. The zero-order valence-electron chi connectivity index (χ0n) is 27.0. The lowest BCUT2D eigenvalue weighted by Crippen LogP contribution is -2.51. The van der Waals surface area contributed by atoms with Crippen LogP contribution in [-0.4, -0.2) is 79.5 Å². The summed E-state index contributed by atoms with van der Waals surface area (Å²) in [6.07, 6.45) is 6.08. The lowest BCUT2D eigenvalue weighted by atomic mass is 9.98. The highest BCUT2D eigenvalue weighted by atomic mass is 16.5. The van der Waals surface area contributed by atoms with E-state index >= 15 is 0 Å². The van der Waals surface area contributed by atoms with Gasteiger partial charge in [0.1, 0.15) is 16.9 Å². The summed E-state index contributed by atoms with van der Waals surface area (Å²) in [7, 11) is 1.65. The van der Waals surface area contributed by atoms with Crippen LogP contribution in [0.2, 0.25) is 0 Å². The largest absolute Gasteiger partial charge is 0.494 e. The van der Waals surface area contributed by atoms with E-state index in [2.05, 4.69) is 28.2 Å². The Morgan fingerprint density at radius 3 is 2.43 bits per heavy atom. The van der Waals surface area contributed by atoms with Gasteiger partial charge in [-0.2, -0.15) is 0 Å². The number of pyridine rings is 1. The van der Waals surface area contributed by atoms with Gasteiger partial charge in [-0.3, -0.25) is 9.59 Å². The summed E-state index contributed by atoms with van der Waals surface area (Å²) in [6, 6.07) is 19.6. The van der Waals surface area contributed by atoms with Gasteiger partial charge in [-0.15, -0.1) is 0 Å². The molecule has 3 fully saturated rings.